The number of para-hydroxylation sites is 4. The average Bonchev–Trinajstić information content (AvgIpc) is 3.76. The Morgan fingerprint density at radius 3 is 2.20 bits per heavy atom. The fourth-order valence-corrected chi connectivity index (χ4v) is 6.83. The van der Waals surface area contributed by atoms with E-state index < -0.39 is 40.2 Å². The number of ether oxygens (including phenoxy) is 3. The Balaban J connectivity index is 1.30. The molecule has 3 aliphatic rings. The van der Waals surface area contributed by atoms with Crippen LogP contribution in [0, 0.1) is 5.92 Å². The van der Waals surface area contributed by atoms with E-state index in [2.05, 4.69) is 13.8 Å². The lowest BCUT2D eigenvalue weighted by atomic mass is 9.98. The van der Waals surface area contributed by atoms with Gasteiger partial charge in [-0.15, -0.1) is 13.2 Å². The van der Waals surface area contributed by atoms with Crippen molar-refractivity contribution in [3.8, 4) is 17.2 Å². The molecule has 12 heteroatoms. The molecule has 2 fully saturated rings. The number of rotatable bonds is 7. The maximum absolute atomic E-state index is 14.3. The molecule has 8 nitrogen and oxygen atoms in total. The Hall–Kier alpha value is -3.32. The number of hydrogen-bond donors (Lipinski definition) is 2. The molecule has 3 aromatic carbocycles. The van der Waals surface area contributed by atoms with Gasteiger partial charge in [0.05, 0.1) is 54.2 Å². The van der Waals surface area contributed by atoms with Crippen LogP contribution in [0.15, 0.2) is 82.1 Å². The molecule has 2 heterocycles. The summed E-state index contributed by atoms with van der Waals surface area (Å²) in [5, 5.41) is 11.7. The number of hydrogen-bond acceptors (Lipinski definition) is 7. The molecule has 6 rings (SSSR count). The standard InChI is InChI=1S/C28H28F3N3O5S/c29-28(30,31)39-19-11-13-20(14-12-19)40(36,32-15-18-9-10-18)33-21-16-37-17-24(27(21)35)34-22-5-1-3-7-25(22)38-26-8-4-2-6-23(26)34/h1-8,11-14,18,21,24,27,35H,9-10,15-17H2,(H,32,33,36). The van der Waals surface area contributed by atoms with E-state index in [1.54, 1.807) is 0 Å². The van der Waals surface area contributed by atoms with Gasteiger partial charge in [0, 0.05) is 0 Å². The molecule has 4 atom stereocenters. The fourth-order valence-electron chi connectivity index (χ4n) is 4.92. The zero-order valence-electron chi connectivity index (χ0n) is 21.3. The first-order valence-electron chi connectivity index (χ1n) is 13.0. The van der Waals surface area contributed by atoms with Crippen LogP contribution in [-0.2, 0) is 14.7 Å². The highest BCUT2D eigenvalue weighted by atomic mass is 32.2. The third-order valence-corrected chi connectivity index (χ3v) is 9.14. The van der Waals surface area contributed by atoms with Crippen molar-refractivity contribution >= 4 is 21.3 Å². The fraction of sp³-hybridized carbons (Fsp3) is 0.357. The van der Waals surface area contributed by atoms with Crippen LogP contribution in [0.3, 0.4) is 0 Å². The van der Waals surface area contributed by atoms with Gasteiger partial charge >= 0.3 is 6.36 Å². The van der Waals surface area contributed by atoms with E-state index in [0.717, 1.165) is 36.3 Å². The van der Waals surface area contributed by atoms with Crippen LogP contribution in [0.5, 0.6) is 17.2 Å². The van der Waals surface area contributed by atoms with Gasteiger partial charge in [-0.1, -0.05) is 24.3 Å². The second-order valence-corrected chi connectivity index (χ2v) is 12.0. The summed E-state index contributed by atoms with van der Waals surface area (Å²) in [5.74, 6) is 1.16. The van der Waals surface area contributed by atoms with E-state index in [1.165, 1.54) is 12.1 Å². The molecule has 0 aromatic heterocycles. The molecule has 4 unspecified atom stereocenters. The molecule has 3 aromatic rings. The lowest BCUT2D eigenvalue weighted by Gasteiger charge is -2.44. The Labute approximate surface area is 230 Å². The SMILES string of the molecule is O=S(=NCC1CC1)(NC1COCC(N2c3ccccc3Oc3ccccc32)C1O)c1ccc(OC(F)(F)F)cc1. The minimum atomic E-state index is -4.84. The van der Waals surface area contributed by atoms with Gasteiger partial charge in [-0.05, 0) is 67.3 Å². The molecule has 2 N–H and O–H groups in total. The highest BCUT2D eigenvalue weighted by Crippen LogP contribution is 2.48. The third-order valence-electron chi connectivity index (χ3n) is 7.09. The summed E-state index contributed by atoms with van der Waals surface area (Å²) in [6.45, 7) is 0.604. The largest absolute Gasteiger partial charge is 0.573 e. The van der Waals surface area contributed by atoms with Crippen LogP contribution in [0.25, 0.3) is 0 Å². The monoisotopic (exact) mass is 575 g/mol. The van der Waals surface area contributed by atoms with Gasteiger partial charge in [-0.25, -0.2) is 13.3 Å². The number of fused-ring (bicyclic) bond motifs is 2. The van der Waals surface area contributed by atoms with Crippen LogP contribution in [0.2, 0.25) is 0 Å². The lowest BCUT2D eigenvalue weighted by molar-refractivity contribution is -0.274. The first kappa shape index (κ1) is 26.9. The number of nitrogens with zero attached hydrogens (tertiary/aromatic N) is 2. The first-order valence-corrected chi connectivity index (χ1v) is 14.5. The number of benzene rings is 3. The Kier molecular flexibility index (Phi) is 7.11. The van der Waals surface area contributed by atoms with Gasteiger partial charge in [0.2, 0.25) is 0 Å². The summed E-state index contributed by atoms with van der Waals surface area (Å²) in [6, 6.07) is 18.4. The van der Waals surface area contributed by atoms with E-state index >= 15 is 0 Å². The normalized spacial score (nSPS) is 23.8. The first-order chi connectivity index (χ1) is 19.2. The summed E-state index contributed by atoms with van der Waals surface area (Å²) in [5.41, 5.74) is 1.52. The van der Waals surface area contributed by atoms with E-state index in [1.807, 2.05) is 53.4 Å². The summed E-state index contributed by atoms with van der Waals surface area (Å²) < 4.78 is 75.7. The molecule has 0 bridgehead atoms. The highest BCUT2D eigenvalue weighted by Gasteiger charge is 2.42. The lowest BCUT2D eigenvalue weighted by Crippen LogP contribution is -2.60. The minimum absolute atomic E-state index is 0.0660. The predicted octanol–water partition coefficient (Wildman–Crippen LogP) is 5.40. The zero-order chi connectivity index (χ0) is 27.9. The molecule has 0 radical (unpaired) electrons. The zero-order valence-corrected chi connectivity index (χ0v) is 22.1. The van der Waals surface area contributed by atoms with E-state index in [9.17, 15) is 22.5 Å². The number of aliphatic hydroxyl groups is 1. The number of anilines is 2. The minimum Gasteiger partial charge on any atom is -0.453 e. The van der Waals surface area contributed by atoms with Crippen molar-refractivity contribution in [1.29, 1.82) is 0 Å². The summed E-state index contributed by atoms with van der Waals surface area (Å²) in [6.07, 6.45) is -3.93. The molecule has 1 saturated heterocycles. The van der Waals surface area contributed by atoms with Crippen LogP contribution >= 0.6 is 0 Å². The summed E-state index contributed by atoms with van der Waals surface area (Å²) in [7, 11) is -3.34. The molecule has 212 valence electrons. The summed E-state index contributed by atoms with van der Waals surface area (Å²) in [4.78, 5) is 2.16. The van der Waals surface area contributed by atoms with Crippen LogP contribution in [0.1, 0.15) is 12.8 Å². The molecule has 1 saturated carbocycles. The van der Waals surface area contributed by atoms with Gasteiger partial charge in [-0.3, -0.25) is 0 Å². The Morgan fingerprint density at radius 1 is 0.975 bits per heavy atom. The van der Waals surface area contributed by atoms with E-state index in [4.69, 9.17) is 9.47 Å². The van der Waals surface area contributed by atoms with Gasteiger partial charge in [-0.2, -0.15) is 0 Å². The number of nitrogens with one attached hydrogen (secondary N) is 1. The molecule has 1 aliphatic carbocycles. The molecule has 2 aliphatic heterocycles. The smallest absolute Gasteiger partial charge is 0.453 e. The second-order valence-electron chi connectivity index (χ2n) is 10.0. The molecule has 0 amide bonds. The van der Waals surface area contributed by atoms with Crippen molar-refractivity contribution in [2.24, 2.45) is 10.3 Å². The quantitative estimate of drug-likeness (QED) is 0.392. The average molecular weight is 576 g/mol. The van der Waals surface area contributed by atoms with Gasteiger partial charge < -0.3 is 24.2 Å². The molecular weight excluding hydrogens is 547 g/mol. The van der Waals surface area contributed by atoms with Gasteiger partial charge in [0.25, 0.3) is 0 Å². The van der Waals surface area contributed by atoms with Crippen molar-refractivity contribution in [3.05, 3.63) is 72.8 Å². The van der Waals surface area contributed by atoms with Crippen molar-refractivity contribution in [2.45, 2.75) is 42.3 Å². The molecule has 40 heavy (non-hydrogen) atoms. The van der Waals surface area contributed by atoms with Crippen LogP contribution in [0.4, 0.5) is 24.5 Å². The molecule has 0 spiro atoms. The second kappa shape index (κ2) is 10.6. The predicted molar refractivity (Wildman–Crippen MR) is 142 cm³/mol. The maximum atomic E-state index is 14.3. The topological polar surface area (TPSA) is 92.6 Å². The Morgan fingerprint density at radius 2 is 1.60 bits per heavy atom. The van der Waals surface area contributed by atoms with E-state index in [-0.39, 0.29) is 18.1 Å². The number of aliphatic hydroxyl groups excluding tert-OH is 1. The highest BCUT2D eigenvalue weighted by molar-refractivity contribution is 7.91. The van der Waals surface area contributed by atoms with Crippen LogP contribution in [-0.4, -0.2) is 53.6 Å². The van der Waals surface area contributed by atoms with Crippen molar-refractivity contribution < 1.29 is 36.7 Å². The van der Waals surface area contributed by atoms with Crippen molar-refractivity contribution in [3.63, 3.8) is 0 Å². The Bertz CT molecular complexity index is 1440. The van der Waals surface area contributed by atoms with Gasteiger partial charge in [0.1, 0.15) is 15.7 Å². The summed E-state index contributed by atoms with van der Waals surface area (Å²) >= 11 is 0. The van der Waals surface area contributed by atoms with Gasteiger partial charge in [0.15, 0.2) is 11.5 Å². The number of alkyl halides is 3. The van der Waals surface area contributed by atoms with Crippen molar-refractivity contribution in [2.75, 3.05) is 24.7 Å². The molecular formula is C28H28F3N3O5S. The van der Waals surface area contributed by atoms with E-state index in [0.29, 0.717) is 24.0 Å². The van der Waals surface area contributed by atoms with Crippen molar-refractivity contribution in [1.82, 2.24) is 4.72 Å². The van der Waals surface area contributed by atoms with Crippen LogP contribution < -0.4 is 19.1 Å². The number of halogens is 3. The third kappa shape index (κ3) is 5.62. The maximum Gasteiger partial charge on any atom is 0.573 e.